The van der Waals surface area contributed by atoms with E-state index in [2.05, 4.69) is 0 Å². The van der Waals surface area contributed by atoms with Gasteiger partial charge >= 0.3 is 0 Å². The second-order valence-corrected chi connectivity index (χ2v) is 4.54. The maximum Gasteiger partial charge on any atom is 0.204 e. The van der Waals surface area contributed by atoms with Crippen LogP contribution in [0.25, 0.3) is 0 Å². The Morgan fingerprint density at radius 1 is 1.05 bits per heavy atom. The molecule has 20 heavy (non-hydrogen) atoms. The van der Waals surface area contributed by atoms with Crippen molar-refractivity contribution in [2.45, 2.75) is 20.3 Å². The fraction of sp³-hybridized carbons (Fsp3) is 0.467. The van der Waals surface area contributed by atoms with Gasteiger partial charge < -0.3 is 9.47 Å². The van der Waals surface area contributed by atoms with Gasteiger partial charge in [0.15, 0.2) is 11.5 Å². The lowest BCUT2D eigenvalue weighted by Crippen LogP contribution is -2.04. The average Bonchev–Trinajstić information content (AvgIpc) is 2.41. The van der Waals surface area contributed by atoms with E-state index in [0.717, 1.165) is 0 Å². The molecule has 0 fully saturated rings. The molecule has 0 atom stereocenters. The zero-order valence-electron chi connectivity index (χ0n) is 11.7. The number of rotatable bonds is 8. The van der Waals surface area contributed by atoms with Crippen LogP contribution in [0, 0.1) is 17.6 Å². The van der Waals surface area contributed by atoms with Crippen LogP contribution in [0.3, 0.4) is 0 Å². The van der Waals surface area contributed by atoms with Crippen LogP contribution in [0.15, 0.2) is 24.3 Å². The first-order valence-electron chi connectivity index (χ1n) is 6.52. The van der Waals surface area contributed by atoms with Crippen LogP contribution >= 0.6 is 0 Å². The summed E-state index contributed by atoms with van der Waals surface area (Å²) in [4.78, 5) is 0. The van der Waals surface area contributed by atoms with Crippen LogP contribution in [-0.4, -0.2) is 19.9 Å². The quantitative estimate of drug-likeness (QED) is 0.524. The standard InChI is InChI=1S/C15H19F3O2/c1-11(2)5-3-4-9-19-12-6-7-13(20-10-8-16)15(18)14(12)17/h3,5-7,11H,4,8-10H2,1-2H3/b5-3-. The van der Waals surface area contributed by atoms with E-state index < -0.39 is 18.3 Å². The van der Waals surface area contributed by atoms with Crippen LogP contribution in [0.4, 0.5) is 13.2 Å². The third-order valence-corrected chi connectivity index (χ3v) is 2.41. The van der Waals surface area contributed by atoms with Gasteiger partial charge in [0.1, 0.15) is 13.3 Å². The Labute approximate surface area is 117 Å². The molecule has 0 heterocycles. The summed E-state index contributed by atoms with van der Waals surface area (Å²) in [7, 11) is 0. The van der Waals surface area contributed by atoms with Crippen molar-refractivity contribution in [2.75, 3.05) is 19.9 Å². The van der Waals surface area contributed by atoms with E-state index in [1.54, 1.807) is 0 Å². The van der Waals surface area contributed by atoms with Crippen LogP contribution in [-0.2, 0) is 0 Å². The van der Waals surface area contributed by atoms with E-state index in [9.17, 15) is 13.2 Å². The maximum absolute atomic E-state index is 13.6. The third kappa shape index (κ3) is 5.15. The number of halogens is 3. The molecule has 0 unspecified atom stereocenters. The van der Waals surface area contributed by atoms with Crippen LogP contribution < -0.4 is 9.47 Å². The van der Waals surface area contributed by atoms with Crippen molar-refractivity contribution < 1.29 is 22.6 Å². The predicted molar refractivity (Wildman–Crippen MR) is 71.9 cm³/mol. The molecular formula is C15H19F3O2. The van der Waals surface area contributed by atoms with Crippen molar-refractivity contribution in [2.24, 2.45) is 5.92 Å². The zero-order valence-corrected chi connectivity index (χ0v) is 11.7. The number of benzene rings is 1. The summed E-state index contributed by atoms with van der Waals surface area (Å²) < 4.78 is 49.0. The Bertz CT molecular complexity index is 445. The van der Waals surface area contributed by atoms with Gasteiger partial charge in [0.2, 0.25) is 11.6 Å². The molecule has 112 valence electrons. The van der Waals surface area contributed by atoms with E-state index in [1.165, 1.54) is 12.1 Å². The number of hydrogen-bond donors (Lipinski definition) is 0. The summed E-state index contributed by atoms with van der Waals surface area (Å²) in [5.74, 6) is -2.32. The molecule has 0 spiro atoms. The third-order valence-electron chi connectivity index (χ3n) is 2.41. The van der Waals surface area contributed by atoms with Gasteiger partial charge in [0, 0.05) is 0 Å². The lowest BCUT2D eigenvalue weighted by atomic mass is 10.2. The molecule has 0 aliphatic rings. The van der Waals surface area contributed by atoms with Crippen LogP contribution in [0.5, 0.6) is 11.5 Å². The number of alkyl halides is 1. The van der Waals surface area contributed by atoms with E-state index in [-0.39, 0.29) is 24.7 Å². The lowest BCUT2D eigenvalue weighted by Gasteiger charge is -2.10. The minimum Gasteiger partial charge on any atom is -0.490 e. The van der Waals surface area contributed by atoms with Gasteiger partial charge in [-0.1, -0.05) is 26.0 Å². The lowest BCUT2D eigenvalue weighted by molar-refractivity contribution is 0.253. The van der Waals surface area contributed by atoms with Crippen molar-refractivity contribution in [1.29, 1.82) is 0 Å². The molecule has 0 aromatic heterocycles. The Morgan fingerprint density at radius 2 is 1.60 bits per heavy atom. The van der Waals surface area contributed by atoms with E-state index in [4.69, 9.17) is 9.47 Å². The molecule has 0 radical (unpaired) electrons. The number of ether oxygens (including phenoxy) is 2. The predicted octanol–water partition coefficient (Wildman–Crippen LogP) is 4.29. The van der Waals surface area contributed by atoms with Gasteiger partial charge in [-0.2, -0.15) is 8.78 Å². The molecule has 1 aromatic rings. The summed E-state index contributed by atoms with van der Waals surface area (Å²) in [6, 6.07) is 2.51. The van der Waals surface area contributed by atoms with E-state index >= 15 is 0 Å². The molecule has 0 saturated carbocycles. The molecule has 0 amide bonds. The maximum atomic E-state index is 13.6. The van der Waals surface area contributed by atoms with Gasteiger partial charge in [-0.05, 0) is 24.5 Å². The van der Waals surface area contributed by atoms with Gasteiger partial charge in [-0.25, -0.2) is 4.39 Å². The van der Waals surface area contributed by atoms with Crippen molar-refractivity contribution in [3.8, 4) is 11.5 Å². The second kappa shape index (κ2) is 8.51. The smallest absolute Gasteiger partial charge is 0.204 e. The summed E-state index contributed by atoms with van der Waals surface area (Å²) in [5.41, 5.74) is 0. The highest BCUT2D eigenvalue weighted by Crippen LogP contribution is 2.27. The Balaban J connectivity index is 2.57. The van der Waals surface area contributed by atoms with E-state index in [1.807, 2.05) is 26.0 Å². The normalized spacial score (nSPS) is 11.3. The second-order valence-electron chi connectivity index (χ2n) is 4.54. The van der Waals surface area contributed by atoms with Gasteiger partial charge in [0.05, 0.1) is 6.61 Å². The SMILES string of the molecule is CC(C)/C=C\CCOc1ccc(OCCF)c(F)c1F. The zero-order chi connectivity index (χ0) is 15.0. The van der Waals surface area contributed by atoms with E-state index in [0.29, 0.717) is 12.3 Å². The van der Waals surface area contributed by atoms with Crippen LogP contribution in [0.2, 0.25) is 0 Å². The summed E-state index contributed by atoms with van der Waals surface area (Å²) in [5, 5.41) is 0. The number of allylic oxidation sites excluding steroid dienone is 1. The molecule has 0 bridgehead atoms. The molecule has 1 rings (SSSR count). The van der Waals surface area contributed by atoms with Gasteiger partial charge in [-0.3, -0.25) is 0 Å². The summed E-state index contributed by atoms with van der Waals surface area (Å²) >= 11 is 0. The first-order chi connectivity index (χ1) is 9.56. The van der Waals surface area contributed by atoms with Crippen molar-refractivity contribution >= 4 is 0 Å². The van der Waals surface area contributed by atoms with Crippen LogP contribution in [0.1, 0.15) is 20.3 Å². The number of hydrogen-bond acceptors (Lipinski definition) is 2. The Morgan fingerprint density at radius 3 is 2.10 bits per heavy atom. The molecular weight excluding hydrogens is 269 g/mol. The minimum absolute atomic E-state index is 0.173. The molecule has 5 heteroatoms. The monoisotopic (exact) mass is 288 g/mol. The highest BCUT2D eigenvalue weighted by molar-refractivity contribution is 5.35. The molecule has 0 N–H and O–H groups in total. The topological polar surface area (TPSA) is 18.5 Å². The first-order valence-corrected chi connectivity index (χ1v) is 6.52. The minimum atomic E-state index is -1.16. The molecule has 1 aromatic carbocycles. The fourth-order valence-corrected chi connectivity index (χ4v) is 1.49. The average molecular weight is 288 g/mol. The fourth-order valence-electron chi connectivity index (χ4n) is 1.49. The van der Waals surface area contributed by atoms with Crippen molar-refractivity contribution in [1.82, 2.24) is 0 Å². The van der Waals surface area contributed by atoms with Gasteiger partial charge in [0.25, 0.3) is 0 Å². The van der Waals surface area contributed by atoms with Crippen molar-refractivity contribution in [3.05, 3.63) is 35.9 Å². The first kappa shape index (κ1) is 16.4. The highest BCUT2D eigenvalue weighted by Gasteiger charge is 2.15. The molecule has 2 nitrogen and oxygen atoms in total. The molecule has 0 aliphatic heterocycles. The Hall–Kier alpha value is -1.65. The molecule has 0 saturated heterocycles. The molecule has 0 aliphatic carbocycles. The summed E-state index contributed by atoms with van der Waals surface area (Å²) in [6.45, 7) is 3.27. The highest BCUT2D eigenvalue weighted by atomic mass is 19.2. The van der Waals surface area contributed by atoms with Gasteiger partial charge in [-0.15, -0.1) is 0 Å². The van der Waals surface area contributed by atoms with Crippen molar-refractivity contribution in [3.63, 3.8) is 0 Å². The largest absolute Gasteiger partial charge is 0.490 e. The summed E-state index contributed by atoms with van der Waals surface area (Å²) in [6.07, 6.45) is 4.55. The Kier molecular flexibility index (Phi) is 6.98.